The van der Waals surface area contributed by atoms with Crippen LogP contribution in [0.3, 0.4) is 0 Å². The highest BCUT2D eigenvalue weighted by molar-refractivity contribution is 5.87. The van der Waals surface area contributed by atoms with Gasteiger partial charge in [0.25, 0.3) is 0 Å². The van der Waals surface area contributed by atoms with E-state index in [1.807, 2.05) is 11.8 Å². The maximum Gasteiger partial charge on any atom is 0.416 e. The lowest BCUT2D eigenvalue weighted by Gasteiger charge is -2.38. The quantitative estimate of drug-likeness (QED) is 0.702. The first kappa shape index (κ1) is 23.1. The number of dihydropyridines is 1. The Morgan fingerprint density at radius 1 is 1.12 bits per heavy atom. The number of amides is 1. The fraction of sp³-hybridized carbons (Fsp3) is 0.560. The van der Waals surface area contributed by atoms with Gasteiger partial charge in [0.1, 0.15) is 5.54 Å². The van der Waals surface area contributed by atoms with E-state index in [1.54, 1.807) is 12.1 Å². The minimum atomic E-state index is -4.36. The second kappa shape index (κ2) is 8.83. The normalized spacial score (nSPS) is 26.1. The van der Waals surface area contributed by atoms with Crippen molar-refractivity contribution in [1.82, 2.24) is 20.4 Å². The summed E-state index contributed by atoms with van der Waals surface area (Å²) in [6, 6.07) is 5.82. The molecule has 1 amide bonds. The Bertz CT molecular complexity index is 1010. The molecule has 1 aromatic carbocycles. The van der Waals surface area contributed by atoms with Gasteiger partial charge in [0.15, 0.2) is 0 Å². The Morgan fingerprint density at radius 2 is 1.82 bits per heavy atom. The maximum absolute atomic E-state index is 13.5. The van der Waals surface area contributed by atoms with Gasteiger partial charge in [0.05, 0.1) is 31.0 Å². The van der Waals surface area contributed by atoms with E-state index in [9.17, 15) is 18.0 Å². The zero-order chi connectivity index (χ0) is 23.9. The minimum Gasteiger partial charge on any atom is -0.381 e. The number of rotatable bonds is 3. The van der Waals surface area contributed by atoms with Crippen LogP contribution < -0.4 is 10.6 Å². The number of nitrogens with one attached hydrogen (secondary N) is 2. The summed E-state index contributed by atoms with van der Waals surface area (Å²) >= 11 is 0. The monoisotopic (exact) mass is 476 g/mol. The predicted octanol–water partition coefficient (Wildman–Crippen LogP) is 3.19. The van der Waals surface area contributed by atoms with E-state index in [0.29, 0.717) is 37.9 Å². The lowest BCUT2D eigenvalue weighted by molar-refractivity contribution is -0.140. The highest BCUT2D eigenvalue weighted by Crippen LogP contribution is 2.39. The number of halogens is 3. The SMILES string of the molecule is CC1(C(=O)N2CCC(c3ccccc3C(F)(F)F)CC2)CC2=C(C=C(N3CCOCC3)CN2)N1. The maximum atomic E-state index is 13.5. The fourth-order valence-electron chi connectivity index (χ4n) is 5.60. The zero-order valence-corrected chi connectivity index (χ0v) is 19.4. The minimum absolute atomic E-state index is 0.00702. The summed E-state index contributed by atoms with van der Waals surface area (Å²) in [4.78, 5) is 17.6. The average molecular weight is 477 g/mol. The molecule has 0 aliphatic carbocycles. The number of carbonyl (C=O) groups is 1. The molecule has 6 nitrogen and oxygen atoms in total. The van der Waals surface area contributed by atoms with Crippen LogP contribution in [-0.4, -0.2) is 67.2 Å². The summed E-state index contributed by atoms with van der Waals surface area (Å²) in [6.45, 7) is 6.72. The number of hydrogen-bond donors (Lipinski definition) is 2. The van der Waals surface area contributed by atoms with Gasteiger partial charge in [0, 0.05) is 44.0 Å². The van der Waals surface area contributed by atoms with Crippen LogP contribution in [0.4, 0.5) is 13.2 Å². The molecule has 2 saturated heterocycles. The number of ether oxygens (including phenoxy) is 1. The smallest absolute Gasteiger partial charge is 0.381 e. The van der Waals surface area contributed by atoms with Crippen LogP contribution in [0.1, 0.15) is 43.2 Å². The number of benzene rings is 1. The van der Waals surface area contributed by atoms with E-state index in [2.05, 4.69) is 21.6 Å². The molecular formula is C25H31F3N4O2. The van der Waals surface area contributed by atoms with Crippen molar-refractivity contribution in [1.29, 1.82) is 0 Å². The lowest BCUT2D eigenvalue weighted by Crippen LogP contribution is -2.54. The predicted molar refractivity (Wildman–Crippen MR) is 122 cm³/mol. The first-order valence-corrected chi connectivity index (χ1v) is 12.0. The number of nitrogens with zero attached hydrogens (tertiary/aromatic N) is 2. The number of likely N-dealkylation sites (tertiary alicyclic amines) is 1. The molecule has 4 aliphatic rings. The van der Waals surface area contributed by atoms with Crippen LogP contribution in [0.25, 0.3) is 0 Å². The molecule has 1 atom stereocenters. The second-order valence-electron chi connectivity index (χ2n) is 9.77. The number of alkyl halides is 3. The van der Waals surface area contributed by atoms with Crippen LogP contribution in [0, 0.1) is 0 Å². The van der Waals surface area contributed by atoms with Gasteiger partial charge in [-0.1, -0.05) is 18.2 Å². The van der Waals surface area contributed by atoms with Crippen LogP contribution in [0.2, 0.25) is 0 Å². The zero-order valence-electron chi connectivity index (χ0n) is 19.4. The van der Waals surface area contributed by atoms with Crippen molar-refractivity contribution in [3.63, 3.8) is 0 Å². The van der Waals surface area contributed by atoms with E-state index in [-0.39, 0.29) is 11.8 Å². The Kier molecular flexibility index (Phi) is 6.00. The van der Waals surface area contributed by atoms with E-state index in [1.165, 1.54) is 11.8 Å². The lowest BCUT2D eigenvalue weighted by atomic mass is 9.85. The highest BCUT2D eigenvalue weighted by Gasteiger charge is 2.44. The van der Waals surface area contributed by atoms with Gasteiger partial charge in [0.2, 0.25) is 5.91 Å². The molecule has 2 N–H and O–H groups in total. The van der Waals surface area contributed by atoms with Gasteiger partial charge in [-0.15, -0.1) is 0 Å². The third kappa shape index (κ3) is 4.37. The van der Waals surface area contributed by atoms with Crippen molar-refractivity contribution >= 4 is 5.91 Å². The standard InChI is InChI=1S/C25H31F3N4O2/c1-24(15-22-21(30-24)14-18(16-29-22)31-10-12-34-13-11-31)23(33)32-8-6-17(7-9-32)19-4-2-3-5-20(19)25(26,27)28/h2-5,14,17,29-30H,6-13,15-16H2,1H3. The molecular weight excluding hydrogens is 445 g/mol. The summed E-state index contributed by atoms with van der Waals surface area (Å²) in [5.74, 6) is -0.189. The van der Waals surface area contributed by atoms with Gasteiger partial charge >= 0.3 is 6.18 Å². The topological polar surface area (TPSA) is 56.8 Å². The third-order valence-electron chi connectivity index (χ3n) is 7.44. The van der Waals surface area contributed by atoms with Crippen molar-refractivity contribution in [2.75, 3.05) is 45.9 Å². The summed E-state index contributed by atoms with van der Waals surface area (Å²) in [5, 5.41) is 6.93. The Morgan fingerprint density at radius 3 is 2.53 bits per heavy atom. The number of morpholine rings is 1. The summed E-state index contributed by atoms with van der Waals surface area (Å²) in [7, 11) is 0. The van der Waals surface area contributed by atoms with Crippen molar-refractivity contribution < 1.29 is 22.7 Å². The number of carbonyl (C=O) groups excluding carboxylic acids is 1. The van der Waals surface area contributed by atoms with Gasteiger partial charge < -0.3 is 25.2 Å². The number of allylic oxidation sites excluding steroid dienone is 1. The highest BCUT2D eigenvalue weighted by atomic mass is 19.4. The molecule has 4 aliphatic heterocycles. The van der Waals surface area contributed by atoms with E-state index in [4.69, 9.17) is 4.74 Å². The summed E-state index contributed by atoms with van der Waals surface area (Å²) in [5.41, 5.74) is 2.21. The van der Waals surface area contributed by atoms with Crippen LogP contribution >= 0.6 is 0 Å². The summed E-state index contributed by atoms with van der Waals surface area (Å²) < 4.78 is 45.8. The first-order valence-electron chi connectivity index (χ1n) is 12.0. The van der Waals surface area contributed by atoms with Gasteiger partial charge in [-0.2, -0.15) is 13.2 Å². The van der Waals surface area contributed by atoms with Gasteiger partial charge in [-0.05, 0) is 43.4 Å². The molecule has 1 aromatic rings. The first-order chi connectivity index (χ1) is 16.2. The van der Waals surface area contributed by atoms with E-state index in [0.717, 1.165) is 50.3 Å². The molecule has 0 radical (unpaired) electrons. The van der Waals surface area contributed by atoms with Crippen molar-refractivity contribution in [2.24, 2.45) is 0 Å². The van der Waals surface area contributed by atoms with Crippen LogP contribution in [0.15, 0.2) is 47.4 Å². The molecule has 0 spiro atoms. The van der Waals surface area contributed by atoms with Gasteiger partial charge in [-0.25, -0.2) is 0 Å². The molecule has 34 heavy (non-hydrogen) atoms. The average Bonchev–Trinajstić information content (AvgIpc) is 3.20. The molecule has 184 valence electrons. The molecule has 0 bridgehead atoms. The molecule has 4 heterocycles. The van der Waals surface area contributed by atoms with E-state index >= 15 is 0 Å². The third-order valence-corrected chi connectivity index (χ3v) is 7.44. The van der Waals surface area contributed by atoms with Crippen molar-refractivity contribution in [2.45, 2.75) is 43.8 Å². The largest absolute Gasteiger partial charge is 0.416 e. The van der Waals surface area contributed by atoms with E-state index < -0.39 is 17.3 Å². The van der Waals surface area contributed by atoms with Crippen molar-refractivity contribution in [3.8, 4) is 0 Å². The molecule has 1 unspecified atom stereocenters. The molecule has 5 rings (SSSR count). The van der Waals surface area contributed by atoms with Crippen molar-refractivity contribution in [3.05, 3.63) is 58.6 Å². The molecule has 0 saturated carbocycles. The molecule has 9 heteroatoms. The van der Waals surface area contributed by atoms with Gasteiger partial charge in [-0.3, -0.25) is 4.79 Å². The van der Waals surface area contributed by atoms with Crippen LogP contribution in [0.5, 0.6) is 0 Å². The molecule has 2 fully saturated rings. The number of piperidine rings is 1. The Hall–Kier alpha value is -2.68. The van der Waals surface area contributed by atoms with Crippen LogP contribution in [-0.2, 0) is 15.7 Å². The second-order valence-corrected chi connectivity index (χ2v) is 9.77. The Labute approximate surface area is 197 Å². The fourth-order valence-corrected chi connectivity index (χ4v) is 5.60. The number of hydrogen-bond acceptors (Lipinski definition) is 5. The molecule has 0 aromatic heterocycles. The Balaban J connectivity index is 1.23. The summed E-state index contributed by atoms with van der Waals surface area (Å²) in [6.07, 6.45) is -0.597.